The van der Waals surface area contributed by atoms with Crippen molar-refractivity contribution in [3.05, 3.63) is 29.8 Å². The molecule has 0 spiro atoms. The van der Waals surface area contributed by atoms with Gasteiger partial charge in [0.25, 0.3) is 5.91 Å². The molecule has 184 valence electrons. The van der Waals surface area contributed by atoms with E-state index in [4.69, 9.17) is 15.2 Å². The van der Waals surface area contributed by atoms with Gasteiger partial charge in [-0.25, -0.2) is 4.79 Å². The maximum absolute atomic E-state index is 12.6. The average molecular weight is 573 g/mol. The third-order valence-corrected chi connectivity index (χ3v) is 5.64. The molecule has 0 aliphatic carbocycles. The lowest BCUT2D eigenvalue weighted by atomic mass is 9.98. The number of halogens is 1. The summed E-state index contributed by atoms with van der Waals surface area (Å²) in [5.74, 6) is 0.797. The van der Waals surface area contributed by atoms with Crippen LogP contribution in [-0.4, -0.2) is 60.2 Å². The minimum atomic E-state index is -0.509. The van der Waals surface area contributed by atoms with E-state index in [1.165, 1.54) is 0 Å². The Balaban J connectivity index is 0.00000385. The van der Waals surface area contributed by atoms with E-state index in [9.17, 15) is 9.59 Å². The van der Waals surface area contributed by atoms with E-state index >= 15 is 0 Å². The van der Waals surface area contributed by atoms with E-state index in [-0.39, 0.29) is 54.8 Å². The quantitative estimate of drug-likeness (QED) is 0.274. The lowest BCUT2D eigenvalue weighted by molar-refractivity contribution is -0.119. The number of primary amides is 1. The minimum Gasteiger partial charge on any atom is -0.484 e. The number of nitrogens with two attached hydrogens (primary N) is 1. The number of amides is 2. The average Bonchev–Trinajstić information content (AvgIpc) is 2.99. The molecule has 4 N–H and O–H groups in total. The molecule has 1 aromatic rings. The van der Waals surface area contributed by atoms with Crippen molar-refractivity contribution in [2.45, 2.75) is 76.7 Å². The summed E-state index contributed by atoms with van der Waals surface area (Å²) in [7, 11) is 1.74. The lowest BCUT2D eigenvalue weighted by Crippen LogP contribution is -2.54. The number of fused-ring (bicyclic) bond motifs is 2. The fourth-order valence-electron chi connectivity index (χ4n) is 4.38. The number of carbonyl (C=O) groups is 2. The van der Waals surface area contributed by atoms with E-state index in [2.05, 4.69) is 15.6 Å². The van der Waals surface area contributed by atoms with Crippen molar-refractivity contribution in [1.82, 2.24) is 15.5 Å². The number of hydrogen-bond acceptors (Lipinski definition) is 5. The highest BCUT2D eigenvalue weighted by Gasteiger charge is 2.45. The minimum absolute atomic E-state index is 0. The second kappa shape index (κ2) is 11.8. The first kappa shape index (κ1) is 27.0. The van der Waals surface area contributed by atoms with Crippen LogP contribution in [0.1, 0.15) is 52.0 Å². The van der Waals surface area contributed by atoms with E-state index in [1.54, 1.807) is 13.1 Å². The lowest BCUT2D eigenvalue weighted by Gasteiger charge is -2.40. The van der Waals surface area contributed by atoms with Crippen LogP contribution in [0.5, 0.6) is 5.75 Å². The smallest absolute Gasteiger partial charge is 0.410 e. The van der Waals surface area contributed by atoms with Gasteiger partial charge in [-0.1, -0.05) is 12.1 Å². The first-order valence-electron chi connectivity index (χ1n) is 11.1. The predicted molar refractivity (Wildman–Crippen MR) is 138 cm³/mol. The maximum Gasteiger partial charge on any atom is 0.410 e. The van der Waals surface area contributed by atoms with Crippen molar-refractivity contribution in [2.24, 2.45) is 10.7 Å². The number of guanidine groups is 1. The molecule has 33 heavy (non-hydrogen) atoms. The summed E-state index contributed by atoms with van der Waals surface area (Å²) in [5, 5.41) is 6.83. The first-order chi connectivity index (χ1) is 15.1. The summed E-state index contributed by atoms with van der Waals surface area (Å²) in [5.41, 5.74) is 5.64. The Labute approximate surface area is 212 Å². The third-order valence-electron chi connectivity index (χ3n) is 5.64. The molecular formula is C23H36IN5O4. The highest BCUT2D eigenvalue weighted by Crippen LogP contribution is 2.36. The monoisotopic (exact) mass is 573 g/mol. The summed E-state index contributed by atoms with van der Waals surface area (Å²) in [4.78, 5) is 29.8. The molecule has 0 aromatic heterocycles. The Morgan fingerprint density at radius 3 is 2.45 bits per heavy atom. The van der Waals surface area contributed by atoms with Crippen molar-refractivity contribution in [3.8, 4) is 5.75 Å². The first-order valence-corrected chi connectivity index (χ1v) is 11.1. The molecule has 0 saturated carbocycles. The van der Waals surface area contributed by atoms with Crippen LogP contribution in [0.3, 0.4) is 0 Å². The van der Waals surface area contributed by atoms with Crippen LogP contribution in [0.25, 0.3) is 0 Å². The van der Waals surface area contributed by atoms with Crippen LogP contribution >= 0.6 is 24.0 Å². The number of hydrogen-bond donors (Lipinski definition) is 3. The molecule has 2 saturated heterocycles. The standard InChI is InChI=1S/C23H35N5O4.HI/c1-23(2,3)32-22(30)28-17-8-9-18(28)12-16(11-17)27-21(25-4)26-13-15-6-5-7-19(10-15)31-14-20(24)29;/h5-7,10,16-18H,8-9,11-14H2,1-4H3,(H2,24,29)(H2,25,26,27);1H. The van der Waals surface area contributed by atoms with Crippen LogP contribution in [0.15, 0.2) is 29.3 Å². The van der Waals surface area contributed by atoms with Gasteiger partial charge in [0.05, 0.1) is 0 Å². The molecule has 9 nitrogen and oxygen atoms in total. The molecular weight excluding hydrogens is 537 g/mol. The summed E-state index contributed by atoms with van der Waals surface area (Å²) in [6, 6.07) is 8.11. The highest BCUT2D eigenvalue weighted by atomic mass is 127. The topological polar surface area (TPSA) is 118 Å². The van der Waals surface area contributed by atoms with E-state index in [0.29, 0.717) is 18.3 Å². The summed E-state index contributed by atoms with van der Waals surface area (Å²) in [6.07, 6.45) is 3.54. The van der Waals surface area contributed by atoms with E-state index in [0.717, 1.165) is 31.2 Å². The third kappa shape index (κ3) is 7.94. The van der Waals surface area contributed by atoms with Crippen molar-refractivity contribution in [3.63, 3.8) is 0 Å². The summed E-state index contributed by atoms with van der Waals surface area (Å²) >= 11 is 0. The normalized spacial score (nSPS) is 22.2. The molecule has 2 aliphatic heterocycles. The van der Waals surface area contributed by atoms with Crippen LogP contribution in [0.2, 0.25) is 0 Å². The van der Waals surface area contributed by atoms with Gasteiger partial charge >= 0.3 is 6.09 Å². The number of benzene rings is 1. The van der Waals surface area contributed by atoms with Crippen molar-refractivity contribution in [2.75, 3.05) is 13.7 Å². The van der Waals surface area contributed by atoms with Crippen molar-refractivity contribution in [1.29, 1.82) is 0 Å². The second-order valence-electron chi connectivity index (χ2n) is 9.41. The van der Waals surface area contributed by atoms with Gasteiger partial charge in [0.15, 0.2) is 12.6 Å². The molecule has 10 heteroatoms. The molecule has 2 fully saturated rings. The number of aliphatic imine (C=N–C) groups is 1. The van der Waals surface area contributed by atoms with Crippen LogP contribution in [0.4, 0.5) is 4.79 Å². The van der Waals surface area contributed by atoms with Gasteiger partial charge in [0.1, 0.15) is 11.4 Å². The van der Waals surface area contributed by atoms with Crippen molar-refractivity contribution < 1.29 is 19.1 Å². The van der Waals surface area contributed by atoms with E-state index in [1.807, 2.05) is 43.9 Å². The van der Waals surface area contributed by atoms with E-state index < -0.39 is 11.5 Å². The number of piperidine rings is 1. The zero-order valence-electron chi connectivity index (χ0n) is 19.8. The molecule has 2 atom stereocenters. The van der Waals surface area contributed by atoms with Gasteiger partial charge in [0, 0.05) is 31.7 Å². The zero-order chi connectivity index (χ0) is 23.3. The Morgan fingerprint density at radius 1 is 1.21 bits per heavy atom. The molecule has 2 unspecified atom stereocenters. The fraction of sp³-hybridized carbons (Fsp3) is 0.609. The number of rotatable bonds is 6. The van der Waals surface area contributed by atoms with Gasteiger partial charge in [-0.05, 0) is 64.2 Å². The Morgan fingerprint density at radius 2 is 1.88 bits per heavy atom. The Bertz CT molecular complexity index is 843. The van der Waals surface area contributed by atoms with Gasteiger partial charge in [0.2, 0.25) is 0 Å². The molecule has 3 rings (SSSR count). The van der Waals surface area contributed by atoms with Gasteiger partial charge in [-0.15, -0.1) is 24.0 Å². The Hall–Kier alpha value is -2.24. The number of nitrogens with zero attached hydrogens (tertiary/aromatic N) is 2. The van der Waals surface area contributed by atoms with Gasteiger partial charge in [-0.3, -0.25) is 9.79 Å². The maximum atomic E-state index is 12.6. The Kier molecular flexibility index (Phi) is 9.62. The van der Waals surface area contributed by atoms with Crippen LogP contribution in [-0.2, 0) is 16.1 Å². The highest BCUT2D eigenvalue weighted by molar-refractivity contribution is 14.0. The SMILES string of the molecule is CN=C(NCc1cccc(OCC(N)=O)c1)NC1CC2CCC(C1)N2C(=O)OC(C)(C)C.I. The second-order valence-corrected chi connectivity index (χ2v) is 9.41. The number of ether oxygens (including phenoxy) is 2. The van der Waals surface area contributed by atoms with Gasteiger partial charge < -0.3 is 30.7 Å². The molecule has 2 amide bonds. The zero-order valence-corrected chi connectivity index (χ0v) is 22.1. The fourth-order valence-corrected chi connectivity index (χ4v) is 4.38. The predicted octanol–water partition coefficient (Wildman–Crippen LogP) is 2.76. The largest absolute Gasteiger partial charge is 0.484 e. The number of carbonyl (C=O) groups excluding carboxylic acids is 2. The molecule has 0 radical (unpaired) electrons. The summed E-state index contributed by atoms with van der Waals surface area (Å²) < 4.78 is 11.0. The molecule has 2 heterocycles. The van der Waals surface area contributed by atoms with Crippen LogP contribution < -0.4 is 21.1 Å². The molecule has 2 bridgehead atoms. The molecule has 2 aliphatic rings. The van der Waals surface area contributed by atoms with Gasteiger partial charge in [-0.2, -0.15) is 0 Å². The number of nitrogens with one attached hydrogen (secondary N) is 2. The van der Waals surface area contributed by atoms with Crippen LogP contribution in [0, 0.1) is 0 Å². The van der Waals surface area contributed by atoms with Crippen molar-refractivity contribution >= 4 is 41.9 Å². The molecule has 1 aromatic carbocycles. The summed E-state index contributed by atoms with van der Waals surface area (Å²) in [6.45, 7) is 6.10.